The number of nitrogens with zero attached hydrogens (tertiary/aromatic N) is 5. The van der Waals surface area contributed by atoms with Gasteiger partial charge in [0.2, 0.25) is 5.95 Å². The van der Waals surface area contributed by atoms with E-state index in [-0.39, 0.29) is 6.04 Å². The first-order chi connectivity index (χ1) is 10.0. The van der Waals surface area contributed by atoms with Gasteiger partial charge >= 0.3 is 0 Å². The smallest absolute Gasteiger partial charge is 0.222 e. The van der Waals surface area contributed by atoms with Crippen LogP contribution in [-0.2, 0) is 5.75 Å². The quantitative estimate of drug-likeness (QED) is 0.747. The van der Waals surface area contributed by atoms with Crippen LogP contribution in [0.2, 0.25) is 5.02 Å². The Kier molecular flexibility index (Phi) is 3.77. The van der Waals surface area contributed by atoms with Gasteiger partial charge in [0.05, 0.1) is 10.7 Å². The maximum Gasteiger partial charge on any atom is 0.222 e. The fourth-order valence-corrected chi connectivity index (χ4v) is 3.22. The molecule has 110 valence electrons. The predicted octanol–water partition coefficient (Wildman–Crippen LogP) is 3.03. The van der Waals surface area contributed by atoms with E-state index in [1.807, 2.05) is 33.5 Å². The molecule has 3 aromatic heterocycles. The number of pyridine rings is 1. The second-order valence-corrected chi connectivity index (χ2v) is 6.32. The van der Waals surface area contributed by atoms with E-state index in [0.717, 1.165) is 16.5 Å². The Bertz CT molecular complexity index is 778. The topological polar surface area (TPSA) is 74.0 Å². The van der Waals surface area contributed by atoms with Gasteiger partial charge in [-0.15, -0.1) is 10.2 Å². The average molecular weight is 323 g/mol. The van der Waals surface area contributed by atoms with Crippen molar-refractivity contribution in [1.82, 2.24) is 24.1 Å². The first-order valence-electron chi connectivity index (χ1n) is 6.51. The van der Waals surface area contributed by atoms with E-state index < -0.39 is 0 Å². The highest BCUT2D eigenvalue weighted by molar-refractivity contribution is 7.98. The number of nitrogens with two attached hydrogens (primary N) is 1. The monoisotopic (exact) mass is 322 g/mol. The lowest BCUT2D eigenvalue weighted by Gasteiger charge is -2.10. The molecule has 8 heteroatoms. The van der Waals surface area contributed by atoms with E-state index in [0.29, 0.717) is 16.7 Å². The summed E-state index contributed by atoms with van der Waals surface area (Å²) >= 11 is 7.54. The number of anilines is 1. The largest absolute Gasteiger partial charge is 0.368 e. The molecule has 3 aromatic rings. The number of fused-ring (bicyclic) bond motifs is 1. The summed E-state index contributed by atoms with van der Waals surface area (Å²) < 4.78 is 3.83. The minimum atomic E-state index is 0.224. The lowest BCUT2D eigenvalue weighted by atomic mass is 10.4. The zero-order chi connectivity index (χ0) is 15.0. The molecule has 0 amide bonds. The van der Waals surface area contributed by atoms with Crippen molar-refractivity contribution >= 4 is 35.0 Å². The number of thioether (sulfide) groups is 1. The van der Waals surface area contributed by atoms with E-state index in [2.05, 4.69) is 29.0 Å². The Hall–Kier alpha value is -1.73. The van der Waals surface area contributed by atoms with Crippen LogP contribution in [0.3, 0.4) is 0 Å². The average Bonchev–Trinajstić information content (AvgIpc) is 2.98. The van der Waals surface area contributed by atoms with Crippen molar-refractivity contribution in [2.24, 2.45) is 0 Å². The van der Waals surface area contributed by atoms with Crippen molar-refractivity contribution in [2.45, 2.75) is 30.8 Å². The van der Waals surface area contributed by atoms with Gasteiger partial charge in [0.15, 0.2) is 5.16 Å². The van der Waals surface area contributed by atoms with E-state index in [1.54, 1.807) is 11.8 Å². The molecule has 21 heavy (non-hydrogen) atoms. The van der Waals surface area contributed by atoms with Gasteiger partial charge in [-0.05, 0) is 26.0 Å². The number of halogens is 1. The highest BCUT2D eigenvalue weighted by atomic mass is 35.5. The summed E-state index contributed by atoms with van der Waals surface area (Å²) in [4.78, 5) is 4.55. The number of hydrogen-bond donors (Lipinski definition) is 1. The fourth-order valence-electron chi connectivity index (χ4n) is 2.10. The first-order valence-corrected chi connectivity index (χ1v) is 7.87. The Morgan fingerprint density at radius 2 is 2.10 bits per heavy atom. The van der Waals surface area contributed by atoms with E-state index in [4.69, 9.17) is 17.3 Å². The summed E-state index contributed by atoms with van der Waals surface area (Å²) in [5, 5.41) is 9.54. The lowest BCUT2D eigenvalue weighted by molar-refractivity contribution is 0.557. The fraction of sp³-hybridized carbons (Fsp3) is 0.308. The van der Waals surface area contributed by atoms with Gasteiger partial charge in [0.1, 0.15) is 5.65 Å². The maximum absolute atomic E-state index is 5.97. The van der Waals surface area contributed by atoms with Crippen LogP contribution in [0.25, 0.3) is 5.65 Å². The van der Waals surface area contributed by atoms with Crippen LogP contribution in [0, 0.1) is 0 Å². The molecule has 0 aliphatic rings. The van der Waals surface area contributed by atoms with Crippen LogP contribution in [-0.4, -0.2) is 24.1 Å². The van der Waals surface area contributed by atoms with E-state index in [9.17, 15) is 0 Å². The molecule has 6 nitrogen and oxygen atoms in total. The van der Waals surface area contributed by atoms with Gasteiger partial charge in [-0.3, -0.25) is 4.57 Å². The Morgan fingerprint density at radius 3 is 2.86 bits per heavy atom. The summed E-state index contributed by atoms with van der Waals surface area (Å²) in [6, 6.07) is 3.95. The molecule has 0 unspecified atom stereocenters. The van der Waals surface area contributed by atoms with E-state index in [1.165, 1.54) is 0 Å². The molecule has 0 bridgehead atoms. The highest BCUT2D eigenvalue weighted by Gasteiger charge is 2.13. The molecular formula is C13H15ClN6S. The van der Waals surface area contributed by atoms with Crippen molar-refractivity contribution in [3.8, 4) is 0 Å². The van der Waals surface area contributed by atoms with Crippen LogP contribution in [0.15, 0.2) is 29.7 Å². The molecule has 0 fully saturated rings. The normalized spacial score (nSPS) is 11.6. The summed E-state index contributed by atoms with van der Waals surface area (Å²) in [7, 11) is 0. The molecule has 3 heterocycles. The van der Waals surface area contributed by atoms with Crippen LogP contribution in [0.1, 0.15) is 25.6 Å². The number of nitrogen functional groups attached to an aromatic ring is 1. The summed E-state index contributed by atoms with van der Waals surface area (Å²) in [5.41, 5.74) is 7.66. The molecule has 0 atom stereocenters. The molecule has 0 saturated heterocycles. The molecule has 0 saturated carbocycles. The van der Waals surface area contributed by atoms with Crippen LogP contribution >= 0.6 is 23.4 Å². The number of imidazole rings is 1. The molecule has 0 spiro atoms. The number of aromatic nitrogens is 5. The third-order valence-corrected chi connectivity index (χ3v) is 4.22. The zero-order valence-electron chi connectivity index (χ0n) is 11.7. The third kappa shape index (κ3) is 2.84. The molecule has 2 N–H and O–H groups in total. The van der Waals surface area contributed by atoms with E-state index >= 15 is 0 Å². The molecule has 3 rings (SSSR count). The van der Waals surface area contributed by atoms with Crippen molar-refractivity contribution in [2.75, 3.05) is 5.73 Å². The van der Waals surface area contributed by atoms with Gasteiger partial charge in [-0.25, -0.2) is 4.98 Å². The summed E-state index contributed by atoms with van der Waals surface area (Å²) in [6.45, 7) is 4.10. The number of rotatable bonds is 4. The van der Waals surface area contributed by atoms with Crippen LogP contribution in [0.4, 0.5) is 5.95 Å². The first kappa shape index (κ1) is 14.2. The third-order valence-electron chi connectivity index (χ3n) is 3.02. The predicted molar refractivity (Wildman–Crippen MR) is 84.6 cm³/mol. The summed E-state index contributed by atoms with van der Waals surface area (Å²) in [6.07, 6.45) is 3.81. The van der Waals surface area contributed by atoms with Crippen molar-refractivity contribution in [3.63, 3.8) is 0 Å². The van der Waals surface area contributed by atoms with Gasteiger partial charge in [-0.2, -0.15) is 0 Å². The Morgan fingerprint density at radius 1 is 1.29 bits per heavy atom. The standard InChI is InChI=1S/C13H15ClN6S/c1-8(2)20-12(15)17-18-13(20)21-7-10-6-19-5-9(14)3-4-11(19)16-10/h3-6,8H,7H2,1-2H3,(H2,15,17). The molecule has 0 aliphatic heterocycles. The van der Waals surface area contributed by atoms with Crippen molar-refractivity contribution < 1.29 is 0 Å². The zero-order valence-corrected chi connectivity index (χ0v) is 13.3. The number of hydrogen-bond acceptors (Lipinski definition) is 5. The molecule has 0 aliphatic carbocycles. The van der Waals surface area contributed by atoms with Gasteiger partial charge < -0.3 is 10.1 Å². The minimum absolute atomic E-state index is 0.224. The minimum Gasteiger partial charge on any atom is -0.368 e. The van der Waals surface area contributed by atoms with Crippen molar-refractivity contribution in [3.05, 3.63) is 35.2 Å². The lowest BCUT2D eigenvalue weighted by Crippen LogP contribution is -2.07. The Labute approximate surface area is 131 Å². The SMILES string of the molecule is CC(C)n1c(N)nnc1SCc1cn2cc(Cl)ccc2n1. The second kappa shape index (κ2) is 5.57. The van der Waals surface area contributed by atoms with Crippen molar-refractivity contribution in [1.29, 1.82) is 0 Å². The van der Waals surface area contributed by atoms with Crippen LogP contribution in [0.5, 0.6) is 0 Å². The summed E-state index contributed by atoms with van der Waals surface area (Å²) in [5.74, 6) is 1.14. The maximum atomic E-state index is 5.97. The molecule has 0 radical (unpaired) electrons. The van der Waals surface area contributed by atoms with Gasteiger partial charge in [0, 0.05) is 24.2 Å². The highest BCUT2D eigenvalue weighted by Crippen LogP contribution is 2.25. The molecule has 0 aromatic carbocycles. The molecular weight excluding hydrogens is 308 g/mol. The van der Waals surface area contributed by atoms with Gasteiger partial charge in [0.25, 0.3) is 0 Å². The Balaban J connectivity index is 1.80. The second-order valence-electron chi connectivity index (χ2n) is 4.94. The van der Waals surface area contributed by atoms with Gasteiger partial charge in [-0.1, -0.05) is 23.4 Å². The van der Waals surface area contributed by atoms with Crippen LogP contribution < -0.4 is 5.73 Å².